The smallest absolute Gasteiger partial charge is 0.256 e. The summed E-state index contributed by atoms with van der Waals surface area (Å²) in [6, 6.07) is 5.39. The van der Waals surface area contributed by atoms with E-state index in [2.05, 4.69) is 27.1 Å². The van der Waals surface area contributed by atoms with Crippen LogP contribution >= 0.6 is 23.4 Å². The maximum absolute atomic E-state index is 12.4. The van der Waals surface area contributed by atoms with Crippen LogP contribution < -0.4 is 10.9 Å². The van der Waals surface area contributed by atoms with Gasteiger partial charge in [0.15, 0.2) is 5.16 Å². The zero-order valence-corrected chi connectivity index (χ0v) is 17.0. The number of aromatic nitrogens is 2. The van der Waals surface area contributed by atoms with Gasteiger partial charge in [-0.2, -0.15) is 0 Å². The number of thioether (sulfide) groups is 1. The number of fused-ring (bicyclic) bond motifs is 1. The number of hydrogen-bond acceptors (Lipinski definition) is 5. The van der Waals surface area contributed by atoms with Crippen LogP contribution in [-0.4, -0.2) is 39.6 Å². The second-order valence-corrected chi connectivity index (χ2v) is 7.94. The SMILES string of the molecule is CCCN1CCc2nc(SCC(=O)Nc3cccc(Cl)c3C)[nH]c(=O)c2C1. The summed E-state index contributed by atoms with van der Waals surface area (Å²) in [6.07, 6.45) is 1.83. The van der Waals surface area contributed by atoms with Crippen LogP contribution in [0, 0.1) is 6.92 Å². The third-order valence-electron chi connectivity index (χ3n) is 4.55. The van der Waals surface area contributed by atoms with E-state index in [-0.39, 0.29) is 17.2 Å². The molecule has 144 valence electrons. The molecule has 1 aliphatic heterocycles. The number of nitrogens with zero attached hydrogens (tertiary/aromatic N) is 2. The number of hydrogen-bond donors (Lipinski definition) is 2. The Balaban J connectivity index is 1.63. The Morgan fingerprint density at radius 1 is 1.44 bits per heavy atom. The Kier molecular flexibility index (Phi) is 6.57. The summed E-state index contributed by atoms with van der Waals surface area (Å²) in [5, 5.41) is 3.94. The number of carbonyl (C=O) groups is 1. The van der Waals surface area contributed by atoms with Gasteiger partial charge >= 0.3 is 0 Å². The zero-order valence-electron chi connectivity index (χ0n) is 15.5. The highest BCUT2D eigenvalue weighted by molar-refractivity contribution is 7.99. The number of amides is 1. The second-order valence-electron chi connectivity index (χ2n) is 6.57. The van der Waals surface area contributed by atoms with Gasteiger partial charge in [-0.15, -0.1) is 0 Å². The van der Waals surface area contributed by atoms with Crippen LogP contribution in [0.1, 0.15) is 30.2 Å². The van der Waals surface area contributed by atoms with Crippen molar-refractivity contribution >= 4 is 35.0 Å². The number of aromatic amines is 1. The molecule has 1 amide bonds. The standard InChI is InChI=1S/C19H23ClN4O2S/c1-3-8-24-9-7-16-13(10-24)18(26)23-19(22-16)27-11-17(25)21-15-6-4-5-14(20)12(15)2/h4-6H,3,7-11H2,1-2H3,(H,21,25)(H,22,23,26). The molecular formula is C19H23ClN4O2S. The number of rotatable bonds is 6. The highest BCUT2D eigenvalue weighted by Crippen LogP contribution is 2.23. The average Bonchev–Trinajstić information content (AvgIpc) is 2.64. The highest BCUT2D eigenvalue weighted by atomic mass is 35.5. The lowest BCUT2D eigenvalue weighted by molar-refractivity contribution is -0.113. The lowest BCUT2D eigenvalue weighted by Gasteiger charge is -2.27. The van der Waals surface area contributed by atoms with Crippen molar-refractivity contribution < 1.29 is 4.79 Å². The third-order valence-corrected chi connectivity index (χ3v) is 5.83. The molecule has 27 heavy (non-hydrogen) atoms. The van der Waals surface area contributed by atoms with E-state index in [0.29, 0.717) is 22.4 Å². The number of anilines is 1. The molecule has 0 saturated heterocycles. The van der Waals surface area contributed by atoms with E-state index in [1.54, 1.807) is 12.1 Å². The fraction of sp³-hybridized carbons (Fsp3) is 0.421. The molecular weight excluding hydrogens is 384 g/mol. The molecule has 1 aromatic carbocycles. The molecule has 0 radical (unpaired) electrons. The predicted octanol–water partition coefficient (Wildman–Crippen LogP) is 3.23. The minimum Gasteiger partial charge on any atom is -0.325 e. The van der Waals surface area contributed by atoms with Gasteiger partial charge in [0.25, 0.3) is 5.56 Å². The van der Waals surface area contributed by atoms with Gasteiger partial charge in [-0.3, -0.25) is 14.5 Å². The summed E-state index contributed by atoms with van der Waals surface area (Å²) in [4.78, 5) is 34.3. The van der Waals surface area contributed by atoms with Gasteiger partial charge in [-0.05, 0) is 37.6 Å². The van der Waals surface area contributed by atoms with Gasteiger partial charge in [0, 0.05) is 30.2 Å². The number of carbonyl (C=O) groups excluding carboxylic acids is 1. The van der Waals surface area contributed by atoms with Crippen molar-refractivity contribution in [3.05, 3.63) is 50.4 Å². The van der Waals surface area contributed by atoms with Crippen molar-refractivity contribution in [3.63, 3.8) is 0 Å². The maximum Gasteiger partial charge on any atom is 0.256 e. The molecule has 1 aromatic heterocycles. The van der Waals surface area contributed by atoms with E-state index in [0.717, 1.165) is 42.8 Å². The number of halogens is 1. The molecule has 3 rings (SSSR count). The van der Waals surface area contributed by atoms with Crippen LogP contribution in [0.5, 0.6) is 0 Å². The quantitative estimate of drug-likeness (QED) is 0.568. The minimum absolute atomic E-state index is 0.102. The molecule has 0 bridgehead atoms. The Hall–Kier alpha value is -1.83. The molecule has 0 unspecified atom stereocenters. The Morgan fingerprint density at radius 2 is 2.26 bits per heavy atom. The van der Waals surface area contributed by atoms with Gasteiger partial charge < -0.3 is 10.3 Å². The highest BCUT2D eigenvalue weighted by Gasteiger charge is 2.21. The van der Waals surface area contributed by atoms with Crippen LogP contribution in [-0.2, 0) is 17.8 Å². The molecule has 6 nitrogen and oxygen atoms in total. The first kappa shape index (κ1) is 19.9. The van der Waals surface area contributed by atoms with Crippen LogP contribution in [0.2, 0.25) is 5.02 Å². The van der Waals surface area contributed by atoms with Gasteiger partial charge in [0.05, 0.1) is 17.0 Å². The molecule has 2 aromatic rings. The molecule has 0 spiro atoms. The van der Waals surface area contributed by atoms with Crippen molar-refractivity contribution in [2.24, 2.45) is 0 Å². The summed E-state index contributed by atoms with van der Waals surface area (Å²) in [6.45, 7) is 6.53. The fourth-order valence-electron chi connectivity index (χ4n) is 3.10. The summed E-state index contributed by atoms with van der Waals surface area (Å²) in [5.74, 6) is -0.00446. The van der Waals surface area contributed by atoms with E-state index in [9.17, 15) is 9.59 Å². The summed E-state index contributed by atoms with van der Waals surface area (Å²) >= 11 is 7.31. The van der Waals surface area contributed by atoms with Crippen molar-refractivity contribution in [3.8, 4) is 0 Å². The Morgan fingerprint density at radius 3 is 3.04 bits per heavy atom. The predicted molar refractivity (Wildman–Crippen MR) is 110 cm³/mol. The van der Waals surface area contributed by atoms with E-state index in [1.165, 1.54) is 11.8 Å². The van der Waals surface area contributed by atoms with E-state index >= 15 is 0 Å². The van der Waals surface area contributed by atoms with Gasteiger partial charge in [-0.1, -0.05) is 36.4 Å². The molecule has 0 atom stereocenters. The van der Waals surface area contributed by atoms with Crippen LogP contribution in [0.25, 0.3) is 0 Å². The molecule has 0 saturated carbocycles. The third kappa shape index (κ3) is 4.91. The second kappa shape index (κ2) is 8.91. The van der Waals surface area contributed by atoms with Crippen molar-refractivity contribution in [2.45, 2.75) is 38.4 Å². The van der Waals surface area contributed by atoms with Gasteiger partial charge in [-0.25, -0.2) is 4.98 Å². The van der Waals surface area contributed by atoms with E-state index in [4.69, 9.17) is 11.6 Å². The zero-order chi connectivity index (χ0) is 19.4. The van der Waals surface area contributed by atoms with Crippen molar-refractivity contribution in [2.75, 3.05) is 24.2 Å². The van der Waals surface area contributed by atoms with Gasteiger partial charge in [0.2, 0.25) is 5.91 Å². The lowest BCUT2D eigenvalue weighted by Crippen LogP contribution is -2.36. The lowest BCUT2D eigenvalue weighted by atomic mass is 10.1. The molecule has 8 heteroatoms. The minimum atomic E-state index is -0.167. The normalized spacial score (nSPS) is 14.0. The molecule has 0 aliphatic carbocycles. The Bertz CT molecular complexity index is 900. The fourth-order valence-corrected chi connectivity index (χ4v) is 3.95. The molecule has 2 N–H and O–H groups in total. The Labute approximate surface area is 167 Å². The molecule has 1 aliphatic rings. The number of benzene rings is 1. The first-order valence-corrected chi connectivity index (χ1v) is 10.4. The maximum atomic E-state index is 12.4. The van der Waals surface area contributed by atoms with Crippen LogP contribution in [0.4, 0.5) is 5.69 Å². The van der Waals surface area contributed by atoms with Crippen molar-refractivity contribution in [1.82, 2.24) is 14.9 Å². The average molecular weight is 407 g/mol. The monoisotopic (exact) mass is 406 g/mol. The number of nitrogens with one attached hydrogen (secondary N) is 2. The van der Waals surface area contributed by atoms with E-state index < -0.39 is 0 Å². The number of H-pyrrole nitrogens is 1. The summed E-state index contributed by atoms with van der Waals surface area (Å²) in [7, 11) is 0. The van der Waals surface area contributed by atoms with E-state index in [1.807, 2.05) is 13.0 Å². The first-order chi connectivity index (χ1) is 13.0. The molecule has 0 fully saturated rings. The topological polar surface area (TPSA) is 78.1 Å². The largest absolute Gasteiger partial charge is 0.325 e. The molecule has 2 heterocycles. The summed E-state index contributed by atoms with van der Waals surface area (Å²) in [5.41, 5.74) is 3.01. The van der Waals surface area contributed by atoms with Crippen molar-refractivity contribution in [1.29, 1.82) is 0 Å². The van der Waals surface area contributed by atoms with Crippen LogP contribution in [0.15, 0.2) is 28.2 Å². The van der Waals surface area contributed by atoms with Gasteiger partial charge in [0.1, 0.15) is 0 Å². The van der Waals surface area contributed by atoms with Crippen LogP contribution in [0.3, 0.4) is 0 Å². The first-order valence-electron chi connectivity index (χ1n) is 9.00. The summed E-state index contributed by atoms with van der Waals surface area (Å²) < 4.78 is 0.